The molecule has 0 bridgehead atoms. The lowest BCUT2D eigenvalue weighted by atomic mass is 9.84. The van der Waals surface area contributed by atoms with Crippen molar-refractivity contribution in [3.63, 3.8) is 0 Å². The molecule has 0 spiro atoms. The van der Waals surface area contributed by atoms with E-state index >= 15 is 35.1 Å². The number of rotatable bonds is 11. The second kappa shape index (κ2) is 23.0. The van der Waals surface area contributed by atoms with Crippen molar-refractivity contribution in [2.45, 2.75) is 117 Å². The molecule has 2 heterocycles. The molecular weight excluding hydrogens is 1170 g/mol. The summed E-state index contributed by atoms with van der Waals surface area (Å²) in [5, 5.41) is 0. The van der Waals surface area contributed by atoms with Crippen LogP contribution in [0.1, 0.15) is 139 Å². The molecule has 0 saturated carbocycles. The van der Waals surface area contributed by atoms with Crippen molar-refractivity contribution in [2.24, 2.45) is 4.99 Å². The first-order valence-electron chi connectivity index (χ1n) is 27.8. The first-order valence-corrected chi connectivity index (χ1v) is 27.8. The van der Waals surface area contributed by atoms with Gasteiger partial charge in [-0.25, -0.2) is 22.6 Å². The maximum Gasteiger partial charge on any atom is 0.743 e. The Balaban J connectivity index is 1.53. The van der Waals surface area contributed by atoms with Crippen LogP contribution in [0.3, 0.4) is 0 Å². The predicted octanol–water partition coefficient (Wildman–Crippen LogP) is 20.5. The van der Waals surface area contributed by atoms with E-state index in [9.17, 15) is 26.3 Å². The monoisotopic (exact) mass is 1220 g/mol. The van der Waals surface area contributed by atoms with Gasteiger partial charge in [-0.3, -0.25) is 0 Å². The summed E-state index contributed by atoms with van der Waals surface area (Å²) in [5.74, 6) is -28.6. The molecule has 19 heteroatoms. The lowest BCUT2D eigenvalue weighted by Gasteiger charge is -2.26. The molecule has 9 rings (SSSR count). The van der Waals surface area contributed by atoms with Gasteiger partial charge in [0.2, 0.25) is 23.3 Å². The van der Waals surface area contributed by atoms with E-state index in [1.165, 1.54) is 18.2 Å². The van der Waals surface area contributed by atoms with Crippen LogP contribution in [0.2, 0.25) is 0 Å². The third kappa shape index (κ3) is 12.4. The molecular formula is C69H59BF14N2O2. The van der Waals surface area contributed by atoms with Crippen molar-refractivity contribution in [1.82, 2.24) is 4.48 Å². The second-order valence-electron chi connectivity index (χ2n) is 25.6. The molecule has 0 amide bonds. The number of hydrogen-bond acceptors (Lipinski definition) is 3. The molecule has 1 aliphatic rings. The average Bonchev–Trinajstić information content (AvgIpc) is 1.61. The number of allylic oxidation sites excluding steroid dienone is 2. The van der Waals surface area contributed by atoms with Gasteiger partial charge in [0, 0.05) is 28.0 Å². The zero-order chi connectivity index (χ0) is 64.7. The summed E-state index contributed by atoms with van der Waals surface area (Å²) >= 11 is 0. The maximum absolute atomic E-state index is 16.6. The topological polar surface area (TPSA) is 35.8 Å². The van der Waals surface area contributed by atoms with Crippen LogP contribution in [0.5, 0.6) is 11.5 Å². The zero-order valence-electron chi connectivity index (χ0n) is 49.9. The Morgan fingerprint density at radius 1 is 0.409 bits per heavy atom. The van der Waals surface area contributed by atoms with Gasteiger partial charge in [-0.1, -0.05) is 210 Å². The summed E-state index contributed by atoms with van der Waals surface area (Å²) in [5.41, 5.74) is -2.35. The molecule has 4 nitrogen and oxygen atoms in total. The summed E-state index contributed by atoms with van der Waals surface area (Å²) in [6.45, 7) is 23.6. The van der Waals surface area contributed by atoms with Crippen LogP contribution in [-0.4, -0.2) is 17.4 Å². The Hall–Kier alpha value is -8.35. The third-order valence-corrected chi connectivity index (χ3v) is 15.2. The van der Waals surface area contributed by atoms with E-state index in [0.717, 1.165) is 21.2 Å². The van der Waals surface area contributed by atoms with Crippen molar-refractivity contribution in [3.8, 4) is 33.9 Å². The molecule has 8 aromatic rings. The number of alkyl halides is 6. The van der Waals surface area contributed by atoms with E-state index in [2.05, 4.69) is 0 Å². The molecule has 7 aromatic carbocycles. The minimum atomic E-state index is -6.10. The normalized spacial score (nSPS) is 14.1. The number of benzene rings is 7. The van der Waals surface area contributed by atoms with Crippen LogP contribution >= 0.6 is 0 Å². The standard InChI is InChI=1S/C69H59BF14N2O2/c1-64(2,3)41-26-18-36(19-27-41)45-34-47(38-22-30-43(31-23-38)66(7,8)9)85-60(45)49(40-16-14-13-15-17-40)61-46(37-20-28-42(29-21-37)65(4,5)6)35-48(39-24-32-44(33-25-39)67(10,11)12)86(61)70(87-62-56(75)52(71)50(68(79,80)81)53(72)57(62)76)88-63-58(77)54(73)51(69(82,83)84)55(74)59(63)78/h13-35H,1-12H3/b60-49-. The SMILES string of the molecule is CC(C)(C)c1ccc(C2=CC(c3ccc(C(C)(C)C)cc3)=N/C2=C(/c2ccccc2)c2c(-c3ccc(C(C)(C)C)cc3)cc(-c3ccc(C(C)(C)C)cc3)n2B(Oc2c(F)c(F)c(C(F)(F)F)c(F)c2F)Oc2c(F)c(F)c(C(F)(F)F)c(F)c2F)cc1. The molecule has 88 heavy (non-hydrogen) atoms. The van der Waals surface area contributed by atoms with Gasteiger partial charge in [-0.15, -0.1) is 0 Å². The third-order valence-electron chi connectivity index (χ3n) is 15.2. The van der Waals surface area contributed by atoms with Crippen molar-refractivity contribution in [2.75, 3.05) is 0 Å². The Kier molecular flexibility index (Phi) is 16.8. The van der Waals surface area contributed by atoms with Crippen LogP contribution in [0, 0.1) is 46.5 Å². The predicted molar refractivity (Wildman–Crippen MR) is 315 cm³/mol. The number of hydrogen-bond donors (Lipinski definition) is 0. The van der Waals surface area contributed by atoms with Gasteiger partial charge < -0.3 is 13.8 Å². The van der Waals surface area contributed by atoms with Crippen LogP contribution in [0.4, 0.5) is 61.5 Å². The highest BCUT2D eigenvalue weighted by Crippen LogP contribution is 2.49. The molecule has 458 valence electrons. The molecule has 0 N–H and O–H groups in total. The number of nitrogens with zero attached hydrogens (tertiary/aromatic N) is 2. The van der Waals surface area contributed by atoms with Crippen LogP contribution in [-0.2, 0) is 34.0 Å². The Bertz CT molecular complexity index is 3940. The van der Waals surface area contributed by atoms with E-state index in [0.29, 0.717) is 28.0 Å². The summed E-state index contributed by atoms with van der Waals surface area (Å²) in [4.78, 5) is 5.33. The number of halogens is 14. The van der Waals surface area contributed by atoms with Gasteiger partial charge in [-0.05, 0) is 78.3 Å². The van der Waals surface area contributed by atoms with Gasteiger partial charge >= 0.3 is 19.6 Å². The van der Waals surface area contributed by atoms with Crippen molar-refractivity contribution in [3.05, 3.63) is 248 Å². The van der Waals surface area contributed by atoms with Crippen LogP contribution in [0.15, 0.2) is 150 Å². The van der Waals surface area contributed by atoms with Gasteiger partial charge in [0.1, 0.15) is 11.1 Å². The van der Waals surface area contributed by atoms with E-state index in [1.54, 1.807) is 72.8 Å². The fourth-order valence-corrected chi connectivity index (χ4v) is 10.2. The van der Waals surface area contributed by atoms with E-state index in [1.807, 2.05) is 132 Å². The summed E-state index contributed by atoms with van der Waals surface area (Å²) in [6.07, 6.45) is -10.4. The van der Waals surface area contributed by atoms with Crippen molar-refractivity contribution < 1.29 is 70.8 Å². The first-order chi connectivity index (χ1) is 40.8. The summed E-state index contributed by atoms with van der Waals surface area (Å²) in [6, 6.07) is 37.7. The molecule has 0 unspecified atom stereocenters. The zero-order valence-corrected chi connectivity index (χ0v) is 49.9. The van der Waals surface area contributed by atoms with E-state index in [4.69, 9.17) is 14.3 Å². The quantitative estimate of drug-likeness (QED) is 0.0735. The Labute approximate surface area is 501 Å². The first kappa shape index (κ1) is 64.1. The highest BCUT2D eigenvalue weighted by Gasteiger charge is 2.48. The van der Waals surface area contributed by atoms with Crippen LogP contribution < -0.4 is 9.31 Å². The lowest BCUT2D eigenvalue weighted by Crippen LogP contribution is -2.41. The minimum Gasteiger partial charge on any atom is -0.502 e. The smallest absolute Gasteiger partial charge is 0.502 e. The molecule has 0 aliphatic carbocycles. The summed E-state index contributed by atoms with van der Waals surface area (Å²) in [7, 11) is -3.26. The highest BCUT2D eigenvalue weighted by molar-refractivity contribution is 6.46. The van der Waals surface area contributed by atoms with Gasteiger partial charge in [0.25, 0.3) is 0 Å². The fraction of sp³-hybridized carbons (Fsp3) is 0.261. The summed E-state index contributed by atoms with van der Waals surface area (Å²) < 4.78 is 228. The minimum absolute atomic E-state index is 0.00540. The Morgan fingerprint density at radius 2 is 0.750 bits per heavy atom. The van der Waals surface area contributed by atoms with Crippen molar-refractivity contribution >= 4 is 24.1 Å². The number of aliphatic imine (C=N–C) groups is 1. The van der Waals surface area contributed by atoms with Gasteiger partial charge in [-0.2, -0.15) is 43.9 Å². The molecule has 0 radical (unpaired) electrons. The van der Waals surface area contributed by atoms with Gasteiger partial charge in [0.05, 0.1) is 17.1 Å². The largest absolute Gasteiger partial charge is 0.743 e. The molecule has 1 aromatic heterocycles. The maximum atomic E-state index is 16.6. The van der Waals surface area contributed by atoms with Crippen LogP contribution in [0.25, 0.3) is 33.5 Å². The molecule has 0 atom stereocenters. The lowest BCUT2D eigenvalue weighted by molar-refractivity contribution is -0.144. The highest BCUT2D eigenvalue weighted by atomic mass is 19.4. The molecule has 0 fully saturated rings. The fourth-order valence-electron chi connectivity index (χ4n) is 10.2. The Morgan fingerprint density at radius 3 is 1.10 bits per heavy atom. The second-order valence-corrected chi connectivity index (χ2v) is 25.6. The number of aromatic nitrogens is 1. The van der Waals surface area contributed by atoms with E-state index < -0.39 is 99.6 Å². The molecule has 1 aliphatic heterocycles. The van der Waals surface area contributed by atoms with Gasteiger partial charge in [0.15, 0.2) is 34.8 Å². The average molecular weight is 1230 g/mol. The van der Waals surface area contributed by atoms with Crippen molar-refractivity contribution in [1.29, 1.82) is 0 Å². The molecule has 0 saturated heterocycles. The van der Waals surface area contributed by atoms with E-state index in [-0.39, 0.29) is 55.7 Å².